The summed E-state index contributed by atoms with van der Waals surface area (Å²) in [5.41, 5.74) is 2.90. The first-order valence-corrected chi connectivity index (χ1v) is 9.70. The fourth-order valence-electron chi connectivity index (χ4n) is 3.27. The second-order valence-electron chi connectivity index (χ2n) is 8.27. The molecule has 7 nitrogen and oxygen atoms in total. The summed E-state index contributed by atoms with van der Waals surface area (Å²) in [5, 5.41) is 13.0. The number of benzene rings is 1. The van der Waals surface area contributed by atoms with Crippen LogP contribution in [0.25, 0.3) is 0 Å². The molecule has 1 saturated heterocycles. The van der Waals surface area contributed by atoms with E-state index >= 15 is 0 Å². The van der Waals surface area contributed by atoms with Gasteiger partial charge in [0.2, 0.25) is 11.8 Å². The number of H-pyrrole nitrogens is 1. The Morgan fingerprint density at radius 1 is 1.29 bits per heavy atom. The minimum Gasteiger partial charge on any atom is -0.353 e. The Balaban J connectivity index is 1.57. The molecule has 150 valence electrons. The molecule has 0 saturated carbocycles. The minimum absolute atomic E-state index is 0.0448. The molecule has 2 aromatic rings. The van der Waals surface area contributed by atoms with Crippen molar-refractivity contribution in [3.8, 4) is 0 Å². The number of aromatic amines is 1. The lowest BCUT2D eigenvalue weighted by Gasteiger charge is -2.34. The molecule has 0 spiro atoms. The summed E-state index contributed by atoms with van der Waals surface area (Å²) >= 11 is 0. The van der Waals surface area contributed by atoms with Crippen LogP contribution in [0.3, 0.4) is 0 Å². The van der Waals surface area contributed by atoms with Crippen molar-refractivity contribution in [2.75, 3.05) is 13.1 Å². The molecule has 0 aliphatic carbocycles. The van der Waals surface area contributed by atoms with E-state index in [4.69, 9.17) is 0 Å². The highest BCUT2D eigenvalue weighted by Gasteiger charge is 2.31. The average Bonchev–Trinajstić information content (AvgIpc) is 3.13. The van der Waals surface area contributed by atoms with Gasteiger partial charge in [0.1, 0.15) is 0 Å². The number of carbonyl (C=O) groups is 2. The maximum Gasteiger partial charge on any atom is 0.237 e. The summed E-state index contributed by atoms with van der Waals surface area (Å²) in [7, 11) is 0. The zero-order valence-electron chi connectivity index (χ0n) is 16.8. The normalized spacial score (nSPS) is 18.0. The topological polar surface area (TPSA) is 90.1 Å². The molecular weight excluding hydrogens is 354 g/mol. The van der Waals surface area contributed by atoms with Gasteiger partial charge in [-0.1, -0.05) is 51.1 Å². The summed E-state index contributed by atoms with van der Waals surface area (Å²) < 4.78 is 0. The van der Waals surface area contributed by atoms with E-state index in [1.807, 2.05) is 36.4 Å². The van der Waals surface area contributed by atoms with Gasteiger partial charge in [0.15, 0.2) is 0 Å². The number of piperazine rings is 1. The van der Waals surface area contributed by atoms with Crippen molar-refractivity contribution in [3.05, 3.63) is 53.3 Å². The SMILES string of the molecule is CC(C)(C)c1cc(CNC(=O)C[C@@H]2C(=O)NCCN2Cc2ccccc2)[nH]n1. The quantitative estimate of drug-likeness (QED) is 0.708. The van der Waals surface area contributed by atoms with E-state index in [-0.39, 0.29) is 23.7 Å². The Morgan fingerprint density at radius 3 is 2.71 bits per heavy atom. The second kappa shape index (κ2) is 8.56. The zero-order valence-corrected chi connectivity index (χ0v) is 16.8. The number of amides is 2. The number of nitrogens with one attached hydrogen (secondary N) is 3. The molecule has 1 aromatic carbocycles. The Morgan fingerprint density at radius 2 is 2.04 bits per heavy atom. The molecule has 28 heavy (non-hydrogen) atoms. The van der Waals surface area contributed by atoms with Gasteiger partial charge in [-0.3, -0.25) is 19.6 Å². The average molecular weight is 383 g/mol. The molecule has 3 N–H and O–H groups in total. The van der Waals surface area contributed by atoms with Crippen molar-refractivity contribution < 1.29 is 9.59 Å². The van der Waals surface area contributed by atoms with Crippen molar-refractivity contribution >= 4 is 11.8 Å². The summed E-state index contributed by atoms with van der Waals surface area (Å²) in [4.78, 5) is 26.9. The van der Waals surface area contributed by atoms with Crippen LogP contribution in [-0.2, 0) is 28.1 Å². The lowest BCUT2D eigenvalue weighted by atomic mass is 9.92. The van der Waals surface area contributed by atoms with E-state index in [1.54, 1.807) is 0 Å². The van der Waals surface area contributed by atoms with Crippen LogP contribution in [0.15, 0.2) is 36.4 Å². The van der Waals surface area contributed by atoms with E-state index in [0.29, 0.717) is 19.6 Å². The van der Waals surface area contributed by atoms with Crippen molar-refractivity contribution in [2.45, 2.75) is 51.7 Å². The van der Waals surface area contributed by atoms with Crippen LogP contribution < -0.4 is 10.6 Å². The van der Waals surface area contributed by atoms with Crippen LogP contribution in [0, 0.1) is 0 Å². The zero-order chi connectivity index (χ0) is 20.1. The summed E-state index contributed by atoms with van der Waals surface area (Å²) in [6, 6.07) is 11.5. The largest absolute Gasteiger partial charge is 0.353 e. The highest BCUT2D eigenvalue weighted by atomic mass is 16.2. The second-order valence-corrected chi connectivity index (χ2v) is 8.27. The lowest BCUT2D eigenvalue weighted by Crippen LogP contribution is -2.56. The Labute approximate surface area is 165 Å². The molecule has 0 bridgehead atoms. The van der Waals surface area contributed by atoms with E-state index in [1.165, 1.54) is 0 Å². The van der Waals surface area contributed by atoms with Crippen molar-refractivity contribution in [2.24, 2.45) is 0 Å². The highest BCUT2D eigenvalue weighted by molar-refractivity contribution is 5.88. The highest BCUT2D eigenvalue weighted by Crippen LogP contribution is 2.20. The monoisotopic (exact) mass is 383 g/mol. The number of carbonyl (C=O) groups excluding carboxylic acids is 2. The van der Waals surface area contributed by atoms with Gasteiger partial charge in [0, 0.05) is 25.0 Å². The van der Waals surface area contributed by atoms with Crippen molar-refractivity contribution in [3.63, 3.8) is 0 Å². The Kier molecular flexibility index (Phi) is 6.14. The number of hydrogen-bond donors (Lipinski definition) is 3. The van der Waals surface area contributed by atoms with E-state index in [9.17, 15) is 9.59 Å². The molecule has 1 atom stereocenters. The lowest BCUT2D eigenvalue weighted by molar-refractivity contribution is -0.134. The first-order valence-electron chi connectivity index (χ1n) is 9.70. The first kappa shape index (κ1) is 20.1. The predicted molar refractivity (Wildman–Crippen MR) is 107 cm³/mol. The molecule has 1 aromatic heterocycles. The number of hydrogen-bond acceptors (Lipinski definition) is 4. The summed E-state index contributed by atoms with van der Waals surface area (Å²) in [5.74, 6) is -0.235. The van der Waals surface area contributed by atoms with Gasteiger partial charge in [-0.25, -0.2) is 0 Å². The molecule has 1 fully saturated rings. The van der Waals surface area contributed by atoms with Crippen LogP contribution in [0.4, 0.5) is 0 Å². The number of rotatable bonds is 6. The van der Waals surface area contributed by atoms with Crippen molar-refractivity contribution in [1.29, 1.82) is 0 Å². The van der Waals surface area contributed by atoms with Crippen LogP contribution in [-0.4, -0.2) is 46.0 Å². The van der Waals surface area contributed by atoms with Gasteiger partial charge in [0.05, 0.1) is 30.4 Å². The van der Waals surface area contributed by atoms with Crippen LogP contribution in [0.5, 0.6) is 0 Å². The van der Waals surface area contributed by atoms with Gasteiger partial charge < -0.3 is 10.6 Å². The molecule has 2 amide bonds. The fraction of sp³-hybridized carbons (Fsp3) is 0.476. The minimum atomic E-state index is -0.458. The standard InChI is InChI=1S/C21H29N5O2/c1-21(2,3)18-11-16(24-25-18)13-23-19(27)12-17-20(28)22-9-10-26(17)14-15-7-5-4-6-8-15/h4-8,11,17H,9-10,12-14H2,1-3H3,(H,22,28)(H,23,27)(H,24,25)/t17-/m1/s1. The first-order chi connectivity index (χ1) is 13.3. The van der Waals surface area contributed by atoms with Gasteiger partial charge >= 0.3 is 0 Å². The fourth-order valence-corrected chi connectivity index (χ4v) is 3.27. The molecule has 0 radical (unpaired) electrons. The third kappa shape index (κ3) is 5.19. The Hall–Kier alpha value is -2.67. The van der Waals surface area contributed by atoms with E-state index in [2.05, 4.69) is 46.5 Å². The molecule has 1 aliphatic rings. The summed E-state index contributed by atoms with van der Waals surface area (Å²) in [6.45, 7) is 8.63. The van der Waals surface area contributed by atoms with Crippen LogP contribution in [0.2, 0.25) is 0 Å². The Bertz CT molecular complexity index is 810. The van der Waals surface area contributed by atoms with Gasteiger partial charge in [-0.15, -0.1) is 0 Å². The van der Waals surface area contributed by atoms with Gasteiger partial charge in [-0.2, -0.15) is 5.10 Å². The smallest absolute Gasteiger partial charge is 0.237 e. The van der Waals surface area contributed by atoms with E-state index < -0.39 is 6.04 Å². The van der Waals surface area contributed by atoms with Crippen LogP contribution >= 0.6 is 0 Å². The van der Waals surface area contributed by atoms with Gasteiger partial charge in [0.25, 0.3) is 0 Å². The van der Waals surface area contributed by atoms with E-state index in [0.717, 1.165) is 23.5 Å². The molecule has 3 rings (SSSR count). The molecular formula is C21H29N5O2. The summed E-state index contributed by atoms with van der Waals surface area (Å²) in [6.07, 6.45) is 0.138. The molecule has 0 unspecified atom stereocenters. The number of aromatic nitrogens is 2. The third-order valence-electron chi connectivity index (χ3n) is 4.92. The van der Waals surface area contributed by atoms with Crippen molar-refractivity contribution in [1.82, 2.24) is 25.7 Å². The number of nitrogens with zero attached hydrogens (tertiary/aromatic N) is 2. The maximum absolute atomic E-state index is 12.5. The maximum atomic E-state index is 12.5. The third-order valence-corrected chi connectivity index (χ3v) is 4.92. The molecule has 7 heteroatoms. The van der Waals surface area contributed by atoms with Gasteiger partial charge in [-0.05, 0) is 11.6 Å². The molecule has 2 heterocycles. The van der Waals surface area contributed by atoms with Crippen LogP contribution in [0.1, 0.15) is 44.1 Å². The molecule has 1 aliphatic heterocycles. The predicted octanol–water partition coefficient (Wildman–Crippen LogP) is 1.71.